The quantitative estimate of drug-likeness (QED) is 0.425. The van der Waals surface area contributed by atoms with Gasteiger partial charge in [0.1, 0.15) is 5.75 Å². The number of hydrogen-bond donors (Lipinski definition) is 1. The van der Waals surface area contributed by atoms with E-state index in [0.717, 1.165) is 36.1 Å². The highest BCUT2D eigenvalue weighted by Crippen LogP contribution is 2.44. The molecule has 5 rings (SSSR count). The van der Waals surface area contributed by atoms with Crippen LogP contribution in [0.25, 0.3) is 0 Å². The fourth-order valence-electron chi connectivity index (χ4n) is 4.71. The summed E-state index contributed by atoms with van der Waals surface area (Å²) in [5.74, 6) is 2.44. The standard InChI is InChI=1S/C23H25N3O4S.C7H11NO/c1-3-30-21-10-12-22(13-11-21)31(28,29)26(17-19-5-4-14-25-15-19)16-18-6-8-20(9-7-18)23(27)24-2;1-5(9)8-3-6-2-7(6)4-8/h4-15H,3,16-17H2,1-2H3,(H,24,27);6-7H,2-4H2,1H3/t;6-,7+. The Kier molecular flexibility index (Phi) is 9.54. The third kappa shape index (κ3) is 7.45. The summed E-state index contributed by atoms with van der Waals surface area (Å²) in [4.78, 5) is 28.7. The molecule has 3 aromatic rings. The van der Waals surface area contributed by atoms with Crippen molar-refractivity contribution >= 4 is 21.8 Å². The normalized spacial score (nSPS) is 17.4. The van der Waals surface area contributed by atoms with Gasteiger partial charge in [-0.2, -0.15) is 4.31 Å². The molecule has 0 spiro atoms. The van der Waals surface area contributed by atoms with Gasteiger partial charge in [0.05, 0.1) is 11.5 Å². The second-order valence-electron chi connectivity index (χ2n) is 9.99. The minimum absolute atomic E-state index is 0.151. The summed E-state index contributed by atoms with van der Waals surface area (Å²) in [5, 5.41) is 2.57. The zero-order chi connectivity index (χ0) is 28.7. The van der Waals surface area contributed by atoms with Crippen molar-refractivity contribution in [2.45, 2.75) is 38.3 Å². The van der Waals surface area contributed by atoms with Crippen LogP contribution in [0.15, 0.2) is 78.0 Å². The van der Waals surface area contributed by atoms with Gasteiger partial charge in [-0.3, -0.25) is 14.6 Å². The number of carbonyl (C=O) groups excluding carboxylic acids is 2. The zero-order valence-electron chi connectivity index (χ0n) is 23.1. The molecule has 9 nitrogen and oxygen atoms in total. The summed E-state index contributed by atoms with van der Waals surface area (Å²) >= 11 is 0. The van der Waals surface area contributed by atoms with E-state index in [1.165, 1.54) is 10.7 Å². The molecule has 40 heavy (non-hydrogen) atoms. The van der Waals surface area contributed by atoms with Gasteiger partial charge in [-0.05, 0) is 78.8 Å². The SMILES string of the molecule is CC(=O)N1C[C@H]2C[C@H]2C1.CCOc1ccc(S(=O)(=O)N(Cc2ccc(C(=O)NC)cc2)Cc2cccnc2)cc1. The lowest BCUT2D eigenvalue weighted by Gasteiger charge is -2.23. The van der Waals surface area contributed by atoms with Crippen molar-refractivity contribution < 1.29 is 22.7 Å². The summed E-state index contributed by atoms with van der Waals surface area (Å²) in [6.07, 6.45) is 4.67. The van der Waals surface area contributed by atoms with Crippen molar-refractivity contribution in [1.29, 1.82) is 0 Å². The summed E-state index contributed by atoms with van der Waals surface area (Å²) in [7, 11) is -2.22. The molecule has 2 heterocycles. The van der Waals surface area contributed by atoms with Crippen molar-refractivity contribution in [2.75, 3.05) is 26.7 Å². The van der Waals surface area contributed by atoms with Gasteiger partial charge in [0, 0.05) is 58.1 Å². The predicted molar refractivity (Wildman–Crippen MR) is 152 cm³/mol. The predicted octanol–water partition coefficient (Wildman–Crippen LogP) is 3.72. The number of ether oxygens (including phenoxy) is 1. The Labute approximate surface area is 236 Å². The van der Waals surface area contributed by atoms with E-state index in [4.69, 9.17) is 4.74 Å². The summed E-state index contributed by atoms with van der Waals surface area (Å²) in [6.45, 7) is 6.44. The summed E-state index contributed by atoms with van der Waals surface area (Å²) in [5.41, 5.74) is 2.06. The second-order valence-corrected chi connectivity index (χ2v) is 11.9. The van der Waals surface area contributed by atoms with Crippen LogP contribution < -0.4 is 10.1 Å². The first-order valence-corrected chi connectivity index (χ1v) is 14.8. The van der Waals surface area contributed by atoms with Gasteiger partial charge in [0.25, 0.3) is 5.91 Å². The fraction of sp³-hybridized carbons (Fsp3) is 0.367. The average Bonchev–Trinajstić information content (AvgIpc) is 3.58. The van der Waals surface area contributed by atoms with Crippen molar-refractivity contribution in [1.82, 2.24) is 19.5 Å². The Morgan fingerprint density at radius 2 is 1.65 bits per heavy atom. The van der Waals surface area contributed by atoms with Crippen LogP contribution in [-0.2, 0) is 27.9 Å². The number of rotatable bonds is 9. The van der Waals surface area contributed by atoms with Gasteiger partial charge < -0.3 is 15.0 Å². The van der Waals surface area contributed by atoms with E-state index in [-0.39, 0.29) is 29.8 Å². The van der Waals surface area contributed by atoms with Crippen LogP contribution in [0.4, 0.5) is 0 Å². The van der Waals surface area contributed by atoms with Crippen molar-refractivity contribution in [2.24, 2.45) is 11.8 Å². The number of benzene rings is 2. The number of piperidine rings is 1. The largest absolute Gasteiger partial charge is 0.494 e. The van der Waals surface area contributed by atoms with E-state index in [1.54, 1.807) is 81.0 Å². The Morgan fingerprint density at radius 3 is 2.17 bits per heavy atom. The summed E-state index contributed by atoms with van der Waals surface area (Å²) in [6, 6.07) is 16.9. The zero-order valence-corrected chi connectivity index (χ0v) is 23.9. The number of fused-ring (bicyclic) bond motifs is 1. The molecule has 1 aromatic heterocycles. The topological polar surface area (TPSA) is 109 Å². The van der Waals surface area contributed by atoms with E-state index in [9.17, 15) is 18.0 Å². The van der Waals surface area contributed by atoms with E-state index in [0.29, 0.717) is 17.9 Å². The van der Waals surface area contributed by atoms with Gasteiger partial charge in [-0.25, -0.2) is 8.42 Å². The van der Waals surface area contributed by atoms with Crippen LogP contribution in [0.1, 0.15) is 41.8 Å². The van der Waals surface area contributed by atoms with Gasteiger partial charge in [-0.15, -0.1) is 0 Å². The lowest BCUT2D eigenvalue weighted by atomic mass is 10.1. The first-order valence-electron chi connectivity index (χ1n) is 13.4. The van der Waals surface area contributed by atoms with E-state index >= 15 is 0 Å². The number of sulfonamides is 1. The third-order valence-electron chi connectivity index (χ3n) is 7.08. The molecule has 2 atom stereocenters. The average molecular weight is 565 g/mol. The minimum atomic E-state index is -3.79. The Bertz CT molecular complexity index is 1390. The highest BCUT2D eigenvalue weighted by molar-refractivity contribution is 7.89. The molecule has 2 aromatic carbocycles. The van der Waals surface area contributed by atoms with Crippen molar-refractivity contribution in [3.8, 4) is 5.75 Å². The number of likely N-dealkylation sites (tertiary alicyclic amines) is 1. The number of amides is 2. The van der Waals surface area contributed by atoms with E-state index in [1.807, 2.05) is 17.9 Å². The lowest BCUT2D eigenvalue weighted by Crippen LogP contribution is -2.30. The molecule has 212 valence electrons. The van der Waals surface area contributed by atoms with Crippen molar-refractivity contribution in [3.63, 3.8) is 0 Å². The molecule has 1 saturated heterocycles. The molecular weight excluding hydrogens is 528 g/mol. The molecule has 1 N–H and O–H groups in total. The van der Waals surface area contributed by atoms with Crippen molar-refractivity contribution in [3.05, 3.63) is 89.7 Å². The first-order chi connectivity index (χ1) is 19.2. The smallest absolute Gasteiger partial charge is 0.251 e. The number of nitrogens with one attached hydrogen (secondary N) is 1. The van der Waals surface area contributed by atoms with Gasteiger partial charge in [-0.1, -0.05) is 18.2 Å². The van der Waals surface area contributed by atoms with Gasteiger partial charge >= 0.3 is 0 Å². The maximum Gasteiger partial charge on any atom is 0.251 e. The molecule has 1 aliphatic carbocycles. The third-order valence-corrected chi connectivity index (χ3v) is 8.89. The van der Waals surface area contributed by atoms with Gasteiger partial charge in [0.15, 0.2) is 0 Å². The monoisotopic (exact) mass is 564 g/mol. The summed E-state index contributed by atoms with van der Waals surface area (Å²) < 4.78 is 33.7. The van der Waals surface area contributed by atoms with Crippen LogP contribution in [-0.4, -0.2) is 61.2 Å². The molecule has 2 aliphatic rings. The van der Waals surface area contributed by atoms with E-state index in [2.05, 4.69) is 10.3 Å². The Morgan fingerprint density at radius 1 is 1.00 bits per heavy atom. The highest BCUT2D eigenvalue weighted by atomic mass is 32.2. The highest BCUT2D eigenvalue weighted by Gasteiger charge is 2.45. The maximum absolute atomic E-state index is 13.4. The van der Waals surface area contributed by atoms with Crippen LogP contribution in [0.5, 0.6) is 5.75 Å². The van der Waals surface area contributed by atoms with Crippen LogP contribution in [0.3, 0.4) is 0 Å². The number of carbonyl (C=O) groups is 2. The molecule has 10 heteroatoms. The Balaban J connectivity index is 0.000000343. The van der Waals surface area contributed by atoms with Crippen LogP contribution >= 0.6 is 0 Å². The molecule has 1 saturated carbocycles. The number of pyridine rings is 1. The number of nitrogens with zero attached hydrogens (tertiary/aromatic N) is 3. The molecule has 1 aliphatic heterocycles. The number of aromatic nitrogens is 1. The van der Waals surface area contributed by atoms with Gasteiger partial charge in [0.2, 0.25) is 15.9 Å². The molecule has 0 bridgehead atoms. The molecule has 2 amide bonds. The molecule has 0 unspecified atom stereocenters. The Hall–Kier alpha value is -3.76. The maximum atomic E-state index is 13.4. The van der Waals surface area contributed by atoms with Crippen LogP contribution in [0.2, 0.25) is 0 Å². The van der Waals surface area contributed by atoms with Crippen LogP contribution in [0, 0.1) is 11.8 Å². The fourth-order valence-corrected chi connectivity index (χ4v) is 6.13. The van der Waals surface area contributed by atoms with E-state index < -0.39 is 10.0 Å². The minimum Gasteiger partial charge on any atom is -0.494 e. The molecule has 0 radical (unpaired) electrons. The molecule has 2 fully saturated rings. The lowest BCUT2D eigenvalue weighted by molar-refractivity contribution is -0.128. The first kappa shape index (κ1) is 29.2. The molecular formula is C30H36N4O5S. The second kappa shape index (κ2) is 13.1. The number of hydrogen-bond acceptors (Lipinski definition) is 6.